The number of fused-ring (bicyclic) bond motifs is 1. The van der Waals surface area contributed by atoms with Gasteiger partial charge in [-0.1, -0.05) is 18.5 Å². The minimum absolute atomic E-state index is 0.0368. The predicted octanol–water partition coefficient (Wildman–Crippen LogP) is 4.07. The number of anilines is 1. The average molecular weight is 396 g/mol. The van der Waals surface area contributed by atoms with Crippen molar-refractivity contribution < 1.29 is 14.3 Å². The van der Waals surface area contributed by atoms with Crippen molar-refractivity contribution >= 4 is 39.8 Å². The Morgan fingerprint density at radius 2 is 2.19 bits per heavy atom. The van der Waals surface area contributed by atoms with E-state index in [1.165, 1.54) is 27.1 Å². The third-order valence-electron chi connectivity index (χ3n) is 4.42. The van der Waals surface area contributed by atoms with Crippen LogP contribution >= 0.6 is 22.9 Å². The summed E-state index contributed by atoms with van der Waals surface area (Å²) in [6.07, 6.45) is 7.59. The quantitative estimate of drug-likeness (QED) is 0.748. The van der Waals surface area contributed by atoms with Crippen LogP contribution in [0.4, 0.5) is 5.00 Å². The third-order valence-corrected chi connectivity index (χ3v) is 5.82. The highest BCUT2D eigenvalue weighted by atomic mass is 35.5. The molecular formula is C18H22ClN3O3S. The summed E-state index contributed by atoms with van der Waals surface area (Å²) in [6.45, 7) is 3.88. The molecule has 0 aromatic carbocycles. The first-order chi connectivity index (χ1) is 12.5. The molecular weight excluding hydrogens is 374 g/mol. The maximum absolute atomic E-state index is 12.7. The number of hydrogen-bond acceptors (Lipinski definition) is 5. The van der Waals surface area contributed by atoms with Crippen LogP contribution in [0.3, 0.4) is 0 Å². The maximum atomic E-state index is 12.7. The van der Waals surface area contributed by atoms with Crippen LogP contribution in [-0.4, -0.2) is 27.8 Å². The number of esters is 1. The lowest BCUT2D eigenvalue weighted by molar-refractivity contribution is -0.116. The number of aryl methyl sites for hydroxylation is 1. The number of halogens is 1. The van der Waals surface area contributed by atoms with E-state index in [9.17, 15) is 9.59 Å². The van der Waals surface area contributed by atoms with Crippen molar-refractivity contribution in [3.63, 3.8) is 0 Å². The lowest BCUT2D eigenvalue weighted by atomic mass is 9.95. The Balaban J connectivity index is 1.82. The summed E-state index contributed by atoms with van der Waals surface area (Å²) in [4.78, 5) is 26.3. The van der Waals surface area contributed by atoms with Crippen molar-refractivity contribution in [3.8, 4) is 0 Å². The fraction of sp³-hybridized carbons (Fsp3) is 0.500. The Hall–Kier alpha value is -1.86. The first-order valence-corrected chi connectivity index (χ1v) is 10.0. The molecule has 1 unspecified atom stereocenters. The van der Waals surface area contributed by atoms with E-state index in [0.29, 0.717) is 15.6 Å². The molecule has 26 heavy (non-hydrogen) atoms. The molecule has 0 saturated carbocycles. The number of carbonyl (C=O) groups excluding carboxylic acids is 2. The number of amides is 1. The molecule has 1 atom stereocenters. The summed E-state index contributed by atoms with van der Waals surface area (Å²) >= 11 is 7.31. The van der Waals surface area contributed by atoms with Crippen LogP contribution in [0, 0.1) is 0 Å². The number of nitrogens with zero attached hydrogens (tertiary/aromatic N) is 2. The number of hydrogen-bond donors (Lipinski definition) is 1. The van der Waals surface area contributed by atoms with Crippen molar-refractivity contribution in [2.75, 3.05) is 5.32 Å². The Bertz CT molecular complexity index is 815. The van der Waals surface area contributed by atoms with Gasteiger partial charge in [-0.3, -0.25) is 9.48 Å². The molecule has 0 saturated heterocycles. The van der Waals surface area contributed by atoms with E-state index in [2.05, 4.69) is 10.4 Å². The molecule has 3 rings (SSSR count). The average Bonchev–Trinajstić information content (AvgIpc) is 3.17. The van der Waals surface area contributed by atoms with Gasteiger partial charge in [0, 0.05) is 11.1 Å². The SMILES string of the molecule is CCC(C)OC(=O)c1c(NC(=O)Cn2cc(Cl)cn2)sc2c1CCCC2. The number of nitrogens with one attached hydrogen (secondary N) is 1. The molecule has 0 spiro atoms. The second-order valence-corrected chi connectivity index (χ2v) is 7.99. The van der Waals surface area contributed by atoms with Crippen LogP contribution in [-0.2, 0) is 28.9 Å². The zero-order valence-electron chi connectivity index (χ0n) is 14.9. The summed E-state index contributed by atoms with van der Waals surface area (Å²) < 4.78 is 7.00. The van der Waals surface area contributed by atoms with Crippen LogP contribution in [0.25, 0.3) is 0 Å². The van der Waals surface area contributed by atoms with Gasteiger partial charge >= 0.3 is 5.97 Å². The van der Waals surface area contributed by atoms with Crippen molar-refractivity contribution in [1.29, 1.82) is 0 Å². The number of rotatable bonds is 6. The van der Waals surface area contributed by atoms with Crippen LogP contribution in [0.5, 0.6) is 0 Å². The van der Waals surface area contributed by atoms with E-state index in [4.69, 9.17) is 16.3 Å². The fourth-order valence-corrected chi connectivity index (χ4v) is 4.38. The van der Waals surface area contributed by atoms with E-state index in [1.807, 2.05) is 13.8 Å². The van der Waals surface area contributed by atoms with Gasteiger partial charge in [-0.05, 0) is 44.6 Å². The summed E-state index contributed by atoms with van der Waals surface area (Å²) in [6, 6.07) is 0. The first kappa shape index (κ1) is 18.9. The lowest BCUT2D eigenvalue weighted by Gasteiger charge is -2.15. The van der Waals surface area contributed by atoms with Gasteiger partial charge < -0.3 is 10.1 Å². The van der Waals surface area contributed by atoms with Gasteiger partial charge in [0.1, 0.15) is 11.5 Å². The minimum Gasteiger partial charge on any atom is -0.459 e. The molecule has 2 aromatic rings. The van der Waals surface area contributed by atoms with Gasteiger partial charge in [0.2, 0.25) is 5.91 Å². The highest BCUT2D eigenvalue weighted by Crippen LogP contribution is 2.38. The molecule has 8 heteroatoms. The van der Waals surface area contributed by atoms with Gasteiger partial charge in [0.25, 0.3) is 0 Å². The Morgan fingerprint density at radius 3 is 2.88 bits per heavy atom. The monoisotopic (exact) mass is 395 g/mol. The lowest BCUT2D eigenvalue weighted by Crippen LogP contribution is -2.21. The summed E-state index contributed by atoms with van der Waals surface area (Å²) in [5.74, 6) is -0.600. The zero-order valence-corrected chi connectivity index (χ0v) is 16.5. The van der Waals surface area contributed by atoms with E-state index in [0.717, 1.165) is 37.7 Å². The maximum Gasteiger partial charge on any atom is 0.341 e. The summed E-state index contributed by atoms with van der Waals surface area (Å²) in [5.41, 5.74) is 1.56. The molecule has 2 heterocycles. The number of carbonyl (C=O) groups is 2. The van der Waals surface area contributed by atoms with Gasteiger partial charge in [-0.15, -0.1) is 11.3 Å². The second kappa shape index (κ2) is 8.22. The highest BCUT2D eigenvalue weighted by molar-refractivity contribution is 7.17. The van der Waals surface area contributed by atoms with Gasteiger partial charge in [0.05, 0.1) is 22.9 Å². The molecule has 0 radical (unpaired) electrons. The van der Waals surface area contributed by atoms with Crippen molar-refractivity contribution in [1.82, 2.24) is 9.78 Å². The molecule has 0 aliphatic heterocycles. The van der Waals surface area contributed by atoms with Gasteiger partial charge in [-0.25, -0.2) is 4.79 Å². The van der Waals surface area contributed by atoms with Crippen molar-refractivity contribution in [2.24, 2.45) is 0 Å². The molecule has 2 aromatic heterocycles. The summed E-state index contributed by atoms with van der Waals surface area (Å²) in [7, 11) is 0. The third kappa shape index (κ3) is 4.27. The van der Waals surface area contributed by atoms with Gasteiger partial charge in [-0.2, -0.15) is 5.10 Å². The molecule has 1 amide bonds. The topological polar surface area (TPSA) is 73.2 Å². The molecule has 0 bridgehead atoms. The van der Waals surface area contributed by atoms with Crippen LogP contribution in [0.2, 0.25) is 5.02 Å². The smallest absolute Gasteiger partial charge is 0.341 e. The fourth-order valence-electron chi connectivity index (χ4n) is 2.93. The molecule has 1 aliphatic carbocycles. The molecule has 1 N–H and O–H groups in total. The minimum atomic E-state index is -0.351. The standard InChI is InChI=1S/C18H22ClN3O3S/c1-3-11(2)25-18(24)16-13-6-4-5-7-14(13)26-17(16)21-15(23)10-22-9-12(19)8-20-22/h8-9,11H,3-7,10H2,1-2H3,(H,21,23). The van der Waals surface area contributed by atoms with E-state index < -0.39 is 0 Å². The largest absolute Gasteiger partial charge is 0.459 e. The second-order valence-electron chi connectivity index (χ2n) is 6.44. The van der Waals surface area contributed by atoms with E-state index in [1.54, 1.807) is 6.20 Å². The first-order valence-electron chi connectivity index (χ1n) is 8.81. The Kier molecular flexibility index (Phi) is 5.98. The summed E-state index contributed by atoms with van der Waals surface area (Å²) in [5, 5.41) is 7.93. The normalized spacial score (nSPS) is 14.6. The molecule has 140 valence electrons. The number of ether oxygens (including phenoxy) is 1. The van der Waals surface area contributed by atoms with E-state index in [-0.39, 0.29) is 24.5 Å². The Morgan fingerprint density at radius 1 is 1.42 bits per heavy atom. The van der Waals surface area contributed by atoms with Gasteiger partial charge in [0.15, 0.2) is 0 Å². The zero-order chi connectivity index (χ0) is 18.7. The number of thiophene rings is 1. The molecule has 0 fully saturated rings. The van der Waals surface area contributed by atoms with E-state index >= 15 is 0 Å². The molecule has 1 aliphatic rings. The van der Waals surface area contributed by atoms with Crippen molar-refractivity contribution in [3.05, 3.63) is 33.4 Å². The van der Waals surface area contributed by atoms with Crippen LogP contribution < -0.4 is 5.32 Å². The van der Waals surface area contributed by atoms with Crippen molar-refractivity contribution in [2.45, 2.75) is 58.6 Å². The van der Waals surface area contributed by atoms with Crippen LogP contribution in [0.15, 0.2) is 12.4 Å². The highest BCUT2D eigenvalue weighted by Gasteiger charge is 2.28. The van der Waals surface area contributed by atoms with Crippen LogP contribution in [0.1, 0.15) is 53.9 Å². The number of aromatic nitrogens is 2. The predicted molar refractivity (Wildman–Crippen MR) is 102 cm³/mol. The molecule has 6 nitrogen and oxygen atoms in total. The Labute approximate surface area is 161 Å².